The molecule has 0 aliphatic carbocycles. The number of aryl methyl sites for hydroxylation is 2. The van der Waals surface area contributed by atoms with E-state index in [9.17, 15) is 9.59 Å². The molecule has 39 heavy (non-hydrogen) atoms. The molecule has 3 amide bonds. The van der Waals surface area contributed by atoms with E-state index in [4.69, 9.17) is 0 Å². The Morgan fingerprint density at radius 1 is 0.872 bits per heavy atom. The standard InChI is InChI=1S/C33H36N4O2/c1-4-6-21-35(33(39)34-27-13-8-7-12-25(27)5-2)23-31(38)37-29-15-10-9-14-28(29)36-22-11-16-30(36)32(37)26-19-17-24(3)18-20-26/h7-20,22,32H,4-6,21,23H2,1-3H3,(H,34,39). The van der Waals surface area contributed by atoms with Crippen molar-refractivity contribution in [1.82, 2.24) is 9.47 Å². The number of carbonyl (C=O) groups excluding carboxylic acids is 2. The highest BCUT2D eigenvalue weighted by Gasteiger charge is 2.37. The number of urea groups is 1. The minimum Gasteiger partial charge on any atom is -0.316 e. The lowest BCUT2D eigenvalue weighted by molar-refractivity contribution is -0.119. The first-order chi connectivity index (χ1) is 19.0. The number of hydrogen-bond donors (Lipinski definition) is 1. The highest BCUT2D eigenvalue weighted by molar-refractivity contribution is 6.01. The van der Waals surface area contributed by atoms with Crippen LogP contribution in [0.25, 0.3) is 5.69 Å². The normalized spacial score (nSPS) is 13.9. The maximum atomic E-state index is 14.3. The Morgan fingerprint density at radius 2 is 1.59 bits per heavy atom. The van der Waals surface area contributed by atoms with Gasteiger partial charge in [-0.3, -0.25) is 9.69 Å². The average molecular weight is 521 g/mol. The van der Waals surface area contributed by atoms with Gasteiger partial charge in [0.05, 0.1) is 17.1 Å². The van der Waals surface area contributed by atoms with Crippen LogP contribution in [0.1, 0.15) is 55.1 Å². The number of rotatable bonds is 8. The lowest BCUT2D eigenvalue weighted by atomic mass is 9.97. The van der Waals surface area contributed by atoms with Crippen molar-refractivity contribution in [2.75, 3.05) is 23.3 Å². The van der Waals surface area contributed by atoms with Gasteiger partial charge in [0.15, 0.2) is 0 Å². The molecule has 1 atom stereocenters. The van der Waals surface area contributed by atoms with E-state index in [0.29, 0.717) is 6.54 Å². The smallest absolute Gasteiger partial charge is 0.316 e. The van der Waals surface area contributed by atoms with Crippen LogP contribution in [0, 0.1) is 6.92 Å². The zero-order valence-electron chi connectivity index (χ0n) is 22.9. The van der Waals surface area contributed by atoms with Gasteiger partial charge in [-0.25, -0.2) is 4.79 Å². The summed E-state index contributed by atoms with van der Waals surface area (Å²) in [6, 6.07) is 27.7. The van der Waals surface area contributed by atoms with Gasteiger partial charge in [-0.15, -0.1) is 0 Å². The summed E-state index contributed by atoms with van der Waals surface area (Å²) in [5.41, 5.74) is 6.87. The van der Waals surface area contributed by atoms with Crippen molar-refractivity contribution in [3.05, 3.63) is 114 Å². The molecule has 1 aromatic heterocycles. The largest absolute Gasteiger partial charge is 0.322 e. The number of amides is 3. The Kier molecular flexibility index (Phi) is 7.82. The molecular formula is C33H36N4O2. The van der Waals surface area contributed by atoms with Crippen molar-refractivity contribution in [1.29, 1.82) is 0 Å². The fraction of sp³-hybridized carbons (Fsp3) is 0.273. The molecule has 2 heterocycles. The summed E-state index contributed by atoms with van der Waals surface area (Å²) in [5.74, 6) is -0.115. The molecule has 3 aromatic carbocycles. The van der Waals surface area contributed by atoms with E-state index in [0.717, 1.165) is 58.7 Å². The molecule has 0 saturated heterocycles. The molecule has 1 aliphatic heterocycles. The summed E-state index contributed by atoms with van der Waals surface area (Å²) in [6.45, 7) is 6.71. The summed E-state index contributed by atoms with van der Waals surface area (Å²) >= 11 is 0. The monoisotopic (exact) mass is 520 g/mol. The van der Waals surface area contributed by atoms with Gasteiger partial charge in [-0.05, 0) is 61.2 Å². The molecular weight excluding hydrogens is 484 g/mol. The van der Waals surface area contributed by atoms with Crippen LogP contribution >= 0.6 is 0 Å². The molecule has 6 heteroatoms. The summed E-state index contributed by atoms with van der Waals surface area (Å²) in [7, 11) is 0. The molecule has 200 valence electrons. The van der Waals surface area contributed by atoms with Crippen LogP contribution in [0.2, 0.25) is 0 Å². The Hall–Kier alpha value is -4.32. The summed E-state index contributed by atoms with van der Waals surface area (Å²) < 4.78 is 2.16. The van der Waals surface area contributed by atoms with Gasteiger partial charge in [0.25, 0.3) is 0 Å². The van der Waals surface area contributed by atoms with Crippen LogP contribution < -0.4 is 10.2 Å². The van der Waals surface area contributed by atoms with E-state index < -0.39 is 0 Å². The van der Waals surface area contributed by atoms with E-state index in [1.807, 2.05) is 65.7 Å². The summed E-state index contributed by atoms with van der Waals surface area (Å²) in [6.07, 6.45) is 4.60. The molecule has 0 fully saturated rings. The van der Waals surface area contributed by atoms with Crippen LogP contribution in [0.5, 0.6) is 0 Å². The summed E-state index contributed by atoms with van der Waals surface area (Å²) in [4.78, 5) is 31.4. The van der Waals surface area contributed by atoms with E-state index in [-0.39, 0.29) is 24.5 Å². The number of para-hydroxylation sites is 3. The Balaban J connectivity index is 1.50. The summed E-state index contributed by atoms with van der Waals surface area (Å²) in [5, 5.41) is 3.07. The van der Waals surface area contributed by atoms with Gasteiger partial charge in [0.1, 0.15) is 12.6 Å². The maximum Gasteiger partial charge on any atom is 0.322 e. The number of unbranched alkanes of at least 4 members (excludes halogenated alkanes) is 1. The molecule has 0 spiro atoms. The quantitative estimate of drug-likeness (QED) is 0.269. The predicted molar refractivity (Wildman–Crippen MR) is 158 cm³/mol. The number of carbonyl (C=O) groups is 2. The van der Waals surface area contributed by atoms with Crippen LogP contribution in [-0.4, -0.2) is 34.5 Å². The molecule has 0 saturated carbocycles. The third-order valence-electron chi connectivity index (χ3n) is 7.42. The van der Waals surface area contributed by atoms with Gasteiger partial charge in [-0.1, -0.05) is 80.4 Å². The van der Waals surface area contributed by atoms with Crippen LogP contribution in [-0.2, 0) is 11.2 Å². The maximum absolute atomic E-state index is 14.3. The second kappa shape index (κ2) is 11.6. The first kappa shape index (κ1) is 26.3. The van der Waals surface area contributed by atoms with Crippen molar-refractivity contribution >= 4 is 23.3 Å². The minimum atomic E-state index is -0.306. The Bertz CT molecular complexity index is 1460. The van der Waals surface area contributed by atoms with Crippen LogP contribution in [0.4, 0.5) is 16.2 Å². The average Bonchev–Trinajstić information content (AvgIpc) is 3.45. The van der Waals surface area contributed by atoms with Gasteiger partial charge in [0.2, 0.25) is 5.91 Å². The number of anilines is 2. The second-order valence-corrected chi connectivity index (χ2v) is 10.1. The van der Waals surface area contributed by atoms with E-state index in [1.165, 1.54) is 0 Å². The van der Waals surface area contributed by atoms with Crippen LogP contribution in [0.15, 0.2) is 91.1 Å². The fourth-order valence-corrected chi connectivity index (χ4v) is 5.31. The van der Waals surface area contributed by atoms with E-state index in [2.05, 4.69) is 61.0 Å². The number of hydrogen-bond acceptors (Lipinski definition) is 2. The highest BCUT2D eigenvalue weighted by atomic mass is 16.2. The SMILES string of the molecule is CCCCN(CC(=O)N1c2ccccc2-n2cccc2C1c1ccc(C)cc1)C(=O)Nc1ccccc1CC. The van der Waals surface area contributed by atoms with Crippen molar-refractivity contribution in [3.63, 3.8) is 0 Å². The van der Waals surface area contributed by atoms with Gasteiger partial charge < -0.3 is 14.8 Å². The number of fused-ring (bicyclic) bond motifs is 3. The van der Waals surface area contributed by atoms with Crippen molar-refractivity contribution < 1.29 is 9.59 Å². The third kappa shape index (κ3) is 5.32. The van der Waals surface area contributed by atoms with Crippen molar-refractivity contribution in [3.8, 4) is 5.69 Å². The molecule has 6 nitrogen and oxygen atoms in total. The highest BCUT2D eigenvalue weighted by Crippen LogP contribution is 2.42. The Labute approximate surface area is 230 Å². The lowest BCUT2D eigenvalue weighted by Crippen LogP contribution is -2.48. The molecule has 1 unspecified atom stereocenters. The minimum absolute atomic E-state index is 0.0163. The predicted octanol–water partition coefficient (Wildman–Crippen LogP) is 7.12. The first-order valence-electron chi connectivity index (χ1n) is 13.8. The second-order valence-electron chi connectivity index (χ2n) is 10.1. The number of nitrogens with one attached hydrogen (secondary N) is 1. The molecule has 1 N–H and O–H groups in total. The van der Waals surface area contributed by atoms with Gasteiger partial charge >= 0.3 is 6.03 Å². The van der Waals surface area contributed by atoms with E-state index >= 15 is 0 Å². The number of aromatic nitrogens is 1. The van der Waals surface area contributed by atoms with Gasteiger partial charge in [-0.2, -0.15) is 0 Å². The number of nitrogens with zero attached hydrogens (tertiary/aromatic N) is 3. The zero-order valence-corrected chi connectivity index (χ0v) is 22.9. The third-order valence-corrected chi connectivity index (χ3v) is 7.42. The van der Waals surface area contributed by atoms with Gasteiger partial charge in [0, 0.05) is 18.4 Å². The molecule has 4 aromatic rings. The topological polar surface area (TPSA) is 57.6 Å². The molecule has 0 bridgehead atoms. The Morgan fingerprint density at radius 3 is 2.33 bits per heavy atom. The van der Waals surface area contributed by atoms with Crippen molar-refractivity contribution in [2.24, 2.45) is 0 Å². The van der Waals surface area contributed by atoms with E-state index in [1.54, 1.807) is 4.90 Å². The first-order valence-corrected chi connectivity index (χ1v) is 13.8. The number of benzene rings is 3. The molecule has 0 radical (unpaired) electrons. The molecule has 1 aliphatic rings. The molecule has 5 rings (SSSR count). The zero-order chi connectivity index (χ0) is 27.4. The fourth-order valence-electron chi connectivity index (χ4n) is 5.31. The lowest BCUT2D eigenvalue weighted by Gasteiger charge is -2.39. The van der Waals surface area contributed by atoms with Crippen molar-refractivity contribution in [2.45, 2.75) is 46.1 Å². The van der Waals surface area contributed by atoms with Crippen LogP contribution in [0.3, 0.4) is 0 Å².